The normalized spacial score (nSPS) is 12.6. The Bertz CT molecular complexity index is 490. The average molecular weight is 261 g/mol. The molecule has 0 saturated heterocycles. The predicted molar refractivity (Wildman–Crippen MR) is 76.4 cm³/mol. The molecule has 1 atom stereocenters. The van der Waals surface area contributed by atoms with Gasteiger partial charge in [0.25, 0.3) is 0 Å². The zero-order valence-corrected chi connectivity index (χ0v) is 11.6. The third kappa shape index (κ3) is 2.96. The molecule has 3 N–H and O–H groups in total. The van der Waals surface area contributed by atoms with Crippen molar-refractivity contribution in [2.75, 3.05) is 0 Å². The van der Waals surface area contributed by atoms with Crippen LogP contribution >= 0.6 is 11.3 Å². The van der Waals surface area contributed by atoms with E-state index in [1.165, 1.54) is 16.7 Å². The topological polar surface area (TPSA) is 50.9 Å². The van der Waals surface area contributed by atoms with Crippen LogP contribution in [-0.4, -0.2) is 4.98 Å². The third-order valence-electron chi connectivity index (χ3n) is 3.18. The molecular weight excluding hydrogens is 242 g/mol. The summed E-state index contributed by atoms with van der Waals surface area (Å²) in [5, 5.41) is 4.30. The number of nitrogens with zero attached hydrogens (tertiary/aromatic N) is 1. The fraction of sp³-hybridized carbons (Fsp3) is 0.357. The second kappa shape index (κ2) is 6.09. The Balaban J connectivity index is 2.13. The minimum absolute atomic E-state index is 0.135. The number of nitrogens with one attached hydrogen (secondary N) is 1. The Morgan fingerprint density at radius 3 is 2.72 bits per heavy atom. The summed E-state index contributed by atoms with van der Waals surface area (Å²) in [4.78, 5) is 4.48. The number of hydrogen-bond donors (Lipinski definition) is 2. The summed E-state index contributed by atoms with van der Waals surface area (Å²) in [6, 6.07) is 4.36. The van der Waals surface area contributed by atoms with Gasteiger partial charge >= 0.3 is 0 Å². The fourth-order valence-corrected chi connectivity index (χ4v) is 2.89. The Morgan fingerprint density at radius 1 is 1.39 bits per heavy atom. The summed E-state index contributed by atoms with van der Waals surface area (Å²) in [5.41, 5.74) is 7.78. The highest BCUT2D eigenvalue weighted by molar-refractivity contribution is 7.08. The van der Waals surface area contributed by atoms with E-state index in [0.717, 1.165) is 18.5 Å². The number of nitrogens with two attached hydrogens (primary N) is 1. The largest absolute Gasteiger partial charge is 0.271 e. The molecule has 0 radical (unpaired) electrons. The number of rotatable bonds is 5. The maximum atomic E-state index is 5.66. The van der Waals surface area contributed by atoms with Crippen LogP contribution in [0.5, 0.6) is 0 Å². The molecule has 4 heteroatoms. The van der Waals surface area contributed by atoms with Crippen molar-refractivity contribution in [3.63, 3.8) is 0 Å². The number of aryl methyl sites for hydroxylation is 2. The van der Waals surface area contributed by atoms with Gasteiger partial charge in [0.2, 0.25) is 0 Å². The van der Waals surface area contributed by atoms with Crippen molar-refractivity contribution in [1.29, 1.82) is 0 Å². The quantitative estimate of drug-likeness (QED) is 0.643. The molecule has 0 aliphatic rings. The first kappa shape index (κ1) is 13.2. The summed E-state index contributed by atoms with van der Waals surface area (Å²) < 4.78 is 0. The molecule has 0 bridgehead atoms. The highest BCUT2D eigenvalue weighted by Crippen LogP contribution is 2.23. The van der Waals surface area contributed by atoms with Gasteiger partial charge in [0.05, 0.1) is 6.04 Å². The van der Waals surface area contributed by atoms with Crippen LogP contribution in [0.1, 0.15) is 35.3 Å². The van der Waals surface area contributed by atoms with Gasteiger partial charge in [-0.05, 0) is 46.9 Å². The smallest absolute Gasteiger partial charge is 0.0526 e. The summed E-state index contributed by atoms with van der Waals surface area (Å²) in [5.74, 6) is 5.66. The molecular formula is C14H19N3S. The number of thiophene rings is 1. The lowest BCUT2D eigenvalue weighted by Crippen LogP contribution is -2.30. The van der Waals surface area contributed by atoms with E-state index < -0.39 is 0 Å². The van der Waals surface area contributed by atoms with Crippen LogP contribution < -0.4 is 11.3 Å². The summed E-state index contributed by atoms with van der Waals surface area (Å²) in [7, 11) is 0. The summed E-state index contributed by atoms with van der Waals surface area (Å²) in [6.07, 6.45) is 3.79. The summed E-state index contributed by atoms with van der Waals surface area (Å²) >= 11 is 1.71. The minimum Gasteiger partial charge on any atom is -0.271 e. The van der Waals surface area contributed by atoms with E-state index in [1.54, 1.807) is 11.3 Å². The Kier molecular flexibility index (Phi) is 4.47. The monoisotopic (exact) mass is 261 g/mol. The molecule has 0 aliphatic carbocycles. The van der Waals surface area contributed by atoms with Gasteiger partial charge in [0.1, 0.15) is 0 Å². The standard InChI is InChI=1S/C14H19N3S/c1-3-11-4-5-12(16-7-11)6-14(17-15)13-9-18-8-10(13)2/h4-5,7-9,14,17H,3,6,15H2,1-2H3. The van der Waals surface area contributed by atoms with Crippen LogP contribution in [0.3, 0.4) is 0 Å². The number of hydrogen-bond acceptors (Lipinski definition) is 4. The zero-order valence-electron chi connectivity index (χ0n) is 10.8. The molecule has 0 aromatic carbocycles. The van der Waals surface area contributed by atoms with E-state index in [1.807, 2.05) is 6.20 Å². The van der Waals surface area contributed by atoms with Gasteiger partial charge < -0.3 is 0 Å². The van der Waals surface area contributed by atoms with Gasteiger partial charge in [-0.15, -0.1) is 0 Å². The van der Waals surface area contributed by atoms with Gasteiger partial charge in [0.15, 0.2) is 0 Å². The Hall–Kier alpha value is -1.23. The summed E-state index contributed by atoms with van der Waals surface area (Å²) in [6.45, 7) is 4.25. The molecule has 96 valence electrons. The number of aromatic nitrogens is 1. The first-order valence-electron chi connectivity index (χ1n) is 6.17. The maximum Gasteiger partial charge on any atom is 0.0526 e. The van der Waals surface area contributed by atoms with Crippen LogP contribution in [0.25, 0.3) is 0 Å². The Morgan fingerprint density at radius 2 is 2.22 bits per heavy atom. The van der Waals surface area contributed by atoms with E-state index in [-0.39, 0.29) is 6.04 Å². The van der Waals surface area contributed by atoms with Crippen molar-refractivity contribution in [2.24, 2.45) is 5.84 Å². The third-order valence-corrected chi connectivity index (χ3v) is 4.06. The van der Waals surface area contributed by atoms with Crippen LogP contribution in [0, 0.1) is 6.92 Å². The number of hydrazine groups is 1. The van der Waals surface area contributed by atoms with Crippen molar-refractivity contribution in [2.45, 2.75) is 32.7 Å². The van der Waals surface area contributed by atoms with Crippen LogP contribution in [0.2, 0.25) is 0 Å². The van der Waals surface area contributed by atoms with Crippen LogP contribution in [0.15, 0.2) is 29.1 Å². The second-order valence-electron chi connectivity index (χ2n) is 4.44. The molecule has 0 spiro atoms. The van der Waals surface area contributed by atoms with E-state index in [2.05, 4.69) is 47.2 Å². The molecule has 2 rings (SSSR count). The molecule has 2 heterocycles. The molecule has 1 unspecified atom stereocenters. The first-order chi connectivity index (χ1) is 8.74. The van der Waals surface area contributed by atoms with E-state index >= 15 is 0 Å². The van der Waals surface area contributed by atoms with Gasteiger partial charge in [-0.3, -0.25) is 16.3 Å². The molecule has 0 amide bonds. The highest BCUT2D eigenvalue weighted by atomic mass is 32.1. The molecule has 0 aliphatic heterocycles. The minimum atomic E-state index is 0.135. The van der Waals surface area contributed by atoms with Crippen molar-refractivity contribution in [1.82, 2.24) is 10.4 Å². The van der Waals surface area contributed by atoms with Gasteiger partial charge in [-0.1, -0.05) is 13.0 Å². The van der Waals surface area contributed by atoms with Crippen LogP contribution in [0.4, 0.5) is 0 Å². The Labute approximate surface area is 112 Å². The SMILES string of the molecule is CCc1ccc(CC(NN)c2cscc2C)nc1. The highest BCUT2D eigenvalue weighted by Gasteiger charge is 2.14. The molecule has 2 aromatic rings. The van der Waals surface area contributed by atoms with Crippen LogP contribution in [-0.2, 0) is 12.8 Å². The molecule has 0 fully saturated rings. The second-order valence-corrected chi connectivity index (χ2v) is 5.19. The molecule has 0 saturated carbocycles. The van der Waals surface area contributed by atoms with Gasteiger partial charge in [-0.25, -0.2) is 0 Å². The van der Waals surface area contributed by atoms with E-state index in [4.69, 9.17) is 5.84 Å². The average Bonchev–Trinajstić information content (AvgIpc) is 2.83. The van der Waals surface area contributed by atoms with E-state index in [9.17, 15) is 0 Å². The zero-order chi connectivity index (χ0) is 13.0. The maximum absolute atomic E-state index is 5.66. The molecule has 2 aromatic heterocycles. The van der Waals surface area contributed by atoms with Gasteiger partial charge in [-0.2, -0.15) is 11.3 Å². The predicted octanol–water partition coefficient (Wildman–Crippen LogP) is 2.76. The lowest BCUT2D eigenvalue weighted by Gasteiger charge is -2.15. The van der Waals surface area contributed by atoms with Crippen molar-refractivity contribution in [3.8, 4) is 0 Å². The first-order valence-corrected chi connectivity index (χ1v) is 7.11. The van der Waals surface area contributed by atoms with E-state index in [0.29, 0.717) is 0 Å². The van der Waals surface area contributed by atoms with Gasteiger partial charge in [0, 0.05) is 18.3 Å². The van der Waals surface area contributed by atoms with Crippen molar-refractivity contribution in [3.05, 3.63) is 51.5 Å². The number of pyridine rings is 1. The molecule has 3 nitrogen and oxygen atoms in total. The fourth-order valence-electron chi connectivity index (χ4n) is 1.98. The molecule has 18 heavy (non-hydrogen) atoms. The lowest BCUT2D eigenvalue weighted by atomic mass is 10.0. The lowest BCUT2D eigenvalue weighted by molar-refractivity contribution is 0.545. The van der Waals surface area contributed by atoms with Crippen molar-refractivity contribution >= 4 is 11.3 Å². The van der Waals surface area contributed by atoms with Crippen molar-refractivity contribution < 1.29 is 0 Å².